The number of nitrogens with zero attached hydrogens (tertiary/aromatic N) is 3. The summed E-state index contributed by atoms with van der Waals surface area (Å²) in [6, 6.07) is 11.0. The number of hydrogen-bond acceptors (Lipinski definition) is 6. The lowest BCUT2D eigenvalue weighted by atomic mass is 10.2. The molecule has 21 heavy (non-hydrogen) atoms. The molecule has 0 aliphatic carbocycles. The Bertz CT molecular complexity index is 960. The fourth-order valence-electron chi connectivity index (χ4n) is 2.10. The number of nitrogens with one attached hydrogen (secondary N) is 1. The Balaban J connectivity index is 1.70. The predicted octanol–water partition coefficient (Wildman–Crippen LogP) is 3.55. The van der Waals surface area contributed by atoms with Crippen LogP contribution in [0, 0.1) is 0 Å². The summed E-state index contributed by atoms with van der Waals surface area (Å²) in [5.74, 6) is -0.161. The Morgan fingerprint density at radius 3 is 3.00 bits per heavy atom. The molecule has 4 rings (SSSR count). The number of aromatic nitrogens is 3. The molecule has 2 aromatic carbocycles. The third-order valence-corrected chi connectivity index (χ3v) is 4.46. The van der Waals surface area contributed by atoms with Crippen LogP contribution in [-0.2, 0) is 0 Å². The number of fused-ring (bicyclic) bond motifs is 2. The zero-order valence-electron chi connectivity index (χ0n) is 10.6. The maximum Gasteiger partial charge on any atom is 0.255 e. The first-order valence-corrected chi connectivity index (χ1v) is 7.78. The van der Waals surface area contributed by atoms with E-state index in [2.05, 4.69) is 19.0 Å². The molecule has 0 bridgehead atoms. The minimum Gasteiger partial charge on any atom is -0.320 e. The zero-order valence-corrected chi connectivity index (χ0v) is 12.2. The van der Waals surface area contributed by atoms with Crippen molar-refractivity contribution in [1.29, 1.82) is 0 Å². The normalized spacial score (nSPS) is 11.0. The summed E-state index contributed by atoms with van der Waals surface area (Å²) in [5, 5.41) is 2.89. The van der Waals surface area contributed by atoms with E-state index in [-0.39, 0.29) is 5.91 Å². The van der Waals surface area contributed by atoms with Crippen LogP contribution < -0.4 is 5.32 Å². The molecule has 0 spiro atoms. The number of thiazole rings is 1. The molecule has 2 heterocycles. The molecule has 0 fully saturated rings. The SMILES string of the molecule is O=C(Nc1cccc2nsnc12)c1ccc2ncsc2c1. The fourth-order valence-corrected chi connectivity index (χ4v) is 3.36. The number of hydrogen-bond donors (Lipinski definition) is 1. The van der Waals surface area contributed by atoms with Crippen molar-refractivity contribution in [3.05, 3.63) is 47.5 Å². The second kappa shape index (κ2) is 4.87. The number of anilines is 1. The molecule has 0 saturated heterocycles. The number of carbonyl (C=O) groups excluding carboxylic acids is 1. The first-order valence-electron chi connectivity index (χ1n) is 6.17. The van der Waals surface area contributed by atoms with E-state index in [0.717, 1.165) is 33.0 Å². The minimum atomic E-state index is -0.161. The molecule has 0 saturated carbocycles. The van der Waals surface area contributed by atoms with Crippen molar-refractivity contribution in [3.8, 4) is 0 Å². The molecule has 1 N–H and O–H groups in total. The van der Waals surface area contributed by atoms with Crippen LogP contribution in [0.25, 0.3) is 21.3 Å². The van der Waals surface area contributed by atoms with Gasteiger partial charge in [-0.05, 0) is 30.3 Å². The topological polar surface area (TPSA) is 67.8 Å². The van der Waals surface area contributed by atoms with E-state index in [4.69, 9.17) is 0 Å². The smallest absolute Gasteiger partial charge is 0.255 e. The van der Waals surface area contributed by atoms with Crippen LogP contribution in [0.2, 0.25) is 0 Å². The summed E-state index contributed by atoms with van der Waals surface area (Å²) in [6.07, 6.45) is 0. The van der Waals surface area contributed by atoms with Crippen molar-refractivity contribution >= 4 is 55.9 Å². The van der Waals surface area contributed by atoms with Gasteiger partial charge in [-0.2, -0.15) is 8.75 Å². The molecular weight excluding hydrogens is 304 g/mol. The zero-order chi connectivity index (χ0) is 14.2. The summed E-state index contributed by atoms with van der Waals surface area (Å²) < 4.78 is 9.38. The predicted molar refractivity (Wildman–Crippen MR) is 85.0 cm³/mol. The van der Waals surface area contributed by atoms with Gasteiger partial charge in [-0.25, -0.2) is 4.98 Å². The molecule has 0 radical (unpaired) electrons. The van der Waals surface area contributed by atoms with Crippen molar-refractivity contribution in [2.75, 3.05) is 5.32 Å². The van der Waals surface area contributed by atoms with Gasteiger partial charge in [-0.15, -0.1) is 11.3 Å². The van der Waals surface area contributed by atoms with Crippen LogP contribution in [0.4, 0.5) is 5.69 Å². The Labute approximate surface area is 127 Å². The molecule has 5 nitrogen and oxygen atoms in total. The molecule has 7 heteroatoms. The summed E-state index contributed by atoms with van der Waals surface area (Å²) in [7, 11) is 0. The quantitative estimate of drug-likeness (QED) is 0.614. The van der Waals surface area contributed by atoms with Gasteiger partial charge < -0.3 is 5.32 Å². The summed E-state index contributed by atoms with van der Waals surface area (Å²) >= 11 is 2.65. The average Bonchev–Trinajstić information content (AvgIpc) is 3.15. The van der Waals surface area contributed by atoms with Crippen LogP contribution in [0.3, 0.4) is 0 Å². The van der Waals surface area contributed by atoms with Crippen LogP contribution in [0.15, 0.2) is 41.9 Å². The van der Waals surface area contributed by atoms with Gasteiger partial charge >= 0.3 is 0 Å². The summed E-state index contributed by atoms with van der Waals surface area (Å²) in [6.45, 7) is 0. The number of rotatable bonds is 2. The molecule has 2 aromatic heterocycles. The first kappa shape index (κ1) is 12.4. The van der Waals surface area contributed by atoms with Gasteiger partial charge in [0, 0.05) is 5.56 Å². The molecule has 1 amide bonds. The number of benzene rings is 2. The molecule has 0 aliphatic rings. The third-order valence-electron chi connectivity index (χ3n) is 3.13. The maximum atomic E-state index is 12.4. The molecule has 4 aromatic rings. The highest BCUT2D eigenvalue weighted by atomic mass is 32.1. The van der Waals surface area contributed by atoms with Gasteiger partial charge in [-0.3, -0.25) is 4.79 Å². The first-order chi connectivity index (χ1) is 10.3. The van der Waals surface area contributed by atoms with Crippen molar-refractivity contribution < 1.29 is 4.79 Å². The average molecular weight is 312 g/mol. The second-order valence-electron chi connectivity index (χ2n) is 4.43. The monoisotopic (exact) mass is 312 g/mol. The van der Waals surface area contributed by atoms with Crippen molar-refractivity contribution in [1.82, 2.24) is 13.7 Å². The maximum absolute atomic E-state index is 12.4. The largest absolute Gasteiger partial charge is 0.320 e. The van der Waals surface area contributed by atoms with Crippen molar-refractivity contribution in [2.45, 2.75) is 0 Å². The van der Waals surface area contributed by atoms with E-state index in [1.165, 1.54) is 11.3 Å². The third kappa shape index (κ3) is 2.16. The highest BCUT2D eigenvalue weighted by Gasteiger charge is 2.11. The van der Waals surface area contributed by atoms with Crippen LogP contribution >= 0.6 is 23.1 Å². The van der Waals surface area contributed by atoms with Gasteiger partial charge in [0.1, 0.15) is 11.0 Å². The van der Waals surface area contributed by atoms with E-state index >= 15 is 0 Å². The summed E-state index contributed by atoms with van der Waals surface area (Å²) in [4.78, 5) is 16.6. The van der Waals surface area contributed by atoms with E-state index in [1.54, 1.807) is 11.6 Å². The lowest BCUT2D eigenvalue weighted by Gasteiger charge is -2.05. The van der Waals surface area contributed by atoms with E-state index in [9.17, 15) is 4.79 Å². The van der Waals surface area contributed by atoms with Crippen LogP contribution in [0.1, 0.15) is 10.4 Å². The minimum absolute atomic E-state index is 0.161. The number of amides is 1. The van der Waals surface area contributed by atoms with Gasteiger partial charge in [0.05, 0.1) is 33.1 Å². The molecular formula is C14H8N4OS2. The Kier molecular flexibility index (Phi) is 2.87. The molecule has 102 valence electrons. The Morgan fingerprint density at radius 2 is 2.05 bits per heavy atom. The van der Waals surface area contributed by atoms with Gasteiger partial charge in [-0.1, -0.05) is 6.07 Å². The Hall–Kier alpha value is -2.38. The number of carbonyl (C=O) groups is 1. The fraction of sp³-hybridized carbons (Fsp3) is 0. The second-order valence-corrected chi connectivity index (χ2v) is 5.84. The van der Waals surface area contributed by atoms with Crippen molar-refractivity contribution in [2.24, 2.45) is 0 Å². The Morgan fingerprint density at radius 1 is 1.10 bits per heavy atom. The molecule has 0 unspecified atom stereocenters. The van der Waals surface area contributed by atoms with Crippen molar-refractivity contribution in [3.63, 3.8) is 0 Å². The standard InChI is InChI=1S/C14H8N4OS2/c19-14(8-4-5-9-12(6-8)20-7-15-9)16-10-2-1-3-11-13(10)18-21-17-11/h1-7H,(H,16,19). The summed E-state index contributed by atoms with van der Waals surface area (Å²) in [5.41, 5.74) is 5.46. The molecule has 0 atom stereocenters. The van der Waals surface area contributed by atoms with E-state index in [0.29, 0.717) is 11.3 Å². The van der Waals surface area contributed by atoms with Gasteiger partial charge in [0.2, 0.25) is 0 Å². The van der Waals surface area contributed by atoms with Gasteiger partial charge in [0.15, 0.2) is 0 Å². The highest BCUT2D eigenvalue weighted by molar-refractivity contribution is 7.16. The van der Waals surface area contributed by atoms with Gasteiger partial charge in [0.25, 0.3) is 5.91 Å². The highest BCUT2D eigenvalue weighted by Crippen LogP contribution is 2.23. The van der Waals surface area contributed by atoms with E-state index < -0.39 is 0 Å². The lowest BCUT2D eigenvalue weighted by molar-refractivity contribution is 0.102. The van der Waals surface area contributed by atoms with E-state index in [1.807, 2.05) is 30.3 Å². The lowest BCUT2D eigenvalue weighted by Crippen LogP contribution is -2.11. The van der Waals surface area contributed by atoms with Crippen LogP contribution in [0.5, 0.6) is 0 Å². The van der Waals surface area contributed by atoms with Crippen LogP contribution in [-0.4, -0.2) is 19.6 Å². The molecule has 0 aliphatic heterocycles.